The fourth-order valence-corrected chi connectivity index (χ4v) is 3.00. The van der Waals surface area contributed by atoms with Gasteiger partial charge in [0.25, 0.3) is 0 Å². The molecule has 0 amide bonds. The lowest BCUT2D eigenvalue weighted by atomic mass is 9.99. The molecule has 1 heterocycles. The Hall–Kier alpha value is -0.130. The summed E-state index contributed by atoms with van der Waals surface area (Å²) in [5.74, 6) is 0. The second-order valence-electron chi connectivity index (χ2n) is 5.35. The van der Waals surface area contributed by atoms with E-state index in [1.54, 1.807) is 0 Å². The van der Waals surface area contributed by atoms with Gasteiger partial charge < -0.3 is 10.1 Å². The van der Waals surface area contributed by atoms with Crippen LogP contribution in [0.5, 0.6) is 0 Å². The maximum absolute atomic E-state index is 5.78. The number of benzene rings is 1. The third-order valence-corrected chi connectivity index (χ3v) is 4.37. The first-order chi connectivity index (χ1) is 9.28. The zero-order valence-electron chi connectivity index (χ0n) is 11.7. The van der Waals surface area contributed by atoms with Crippen LogP contribution in [-0.4, -0.2) is 25.3 Å². The van der Waals surface area contributed by atoms with Crippen LogP contribution in [0.4, 0.5) is 0 Å². The summed E-state index contributed by atoms with van der Waals surface area (Å²) in [7, 11) is 0. The molecule has 1 aliphatic rings. The van der Waals surface area contributed by atoms with Gasteiger partial charge in [-0.05, 0) is 78.9 Å². The van der Waals surface area contributed by atoms with Crippen molar-refractivity contribution in [1.82, 2.24) is 5.32 Å². The Morgan fingerprint density at radius 3 is 2.79 bits per heavy atom. The molecule has 1 N–H and O–H groups in total. The standard InChI is InChI=1S/C16H24INO/c1-2-9-18-15(12-16-4-3-10-19-16)11-13-5-7-14(17)8-6-13/h5-8,15-16,18H,2-4,9-12H2,1H3. The van der Waals surface area contributed by atoms with Crippen molar-refractivity contribution in [2.24, 2.45) is 0 Å². The zero-order valence-corrected chi connectivity index (χ0v) is 13.9. The van der Waals surface area contributed by atoms with Gasteiger partial charge in [0.15, 0.2) is 0 Å². The Morgan fingerprint density at radius 1 is 1.37 bits per heavy atom. The molecule has 106 valence electrons. The maximum atomic E-state index is 5.78. The fraction of sp³-hybridized carbons (Fsp3) is 0.625. The van der Waals surface area contributed by atoms with Crippen LogP contribution in [0, 0.1) is 3.57 Å². The van der Waals surface area contributed by atoms with Crippen LogP contribution in [0.1, 0.15) is 38.2 Å². The van der Waals surface area contributed by atoms with Crippen LogP contribution in [0.2, 0.25) is 0 Å². The van der Waals surface area contributed by atoms with Crippen LogP contribution in [0.25, 0.3) is 0 Å². The summed E-state index contributed by atoms with van der Waals surface area (Å²) in [6, 6.07) is 9.43. The van der Waals surface area contributed by atoms with Gasteiger partial charge in [0.2, 0.25) is 0 Å². The van der Waals surface area contributed by atoms with Gasteiger partial charge in [0.05, 0.1) is 6.10 Å². The molecule has 0 saturated carbocycles. The molecular formula is C16H24INO. The van der Waals surface area contributed by atoms with E-state index in [4.69, 9.17) is 4.74 Å². The minimum atomic E-state index is 0.471. The zero-order chi connectivity index (χ0) is 13.5. The van der Waals surface area contributed by atoms with Crippen molar-refractivity contribution in [3.63, 3.8) is 0 Å². The average molecular weight is 373 g/mol. The van der Waals surface area contributed by atoms with Crippen molar-refractivity contribution in [2.45, 2.75) is 51.2 Å². The molecule has 0 radical (unpaired) electrons. The lowest BCUT2D eigenvalue weighted by Crippen LogP contribution is -2.35. The van der Waals surface area contributed by atoms with Crippen molar-refractivity contribution in [2.75, 3.05) is 13.2 Å². The van der Waals surface area contributed by atoms with Crippen LogP contribution < -0.4 is 5.32 Å². The van der Waals surface area contributed by atoms with E-state index in [0.717, 1.165) is 26.0 Å². The van der Waals surface area contributed by atoms with E-state index in [0.29, 0.717) is 12.1 Å². The van der Waals surface area contributed by atoms with Gasteiger partial charge in [0.1, 0.15) is 0 Å². The van der Waals surface area contributed by atoms with Gasteiger partial charge in [-0.15, -0.1) is 0 Å². The summed E-state index contributed by atoms with van der Waals surface area (Å²) in [6.07, 6.45) is 6.38. The number of nitrogens with one attached hydrogen (secondary N) is 1. The molecule has 2 rings (SSSR count). The summed E-state index contributed by atoms with van der Waals surface area (Å²) in [6.45, 7) is 4.28. The predicted molar refractivity (Wildman–Crippen MR) is 88.5 cm³/mol. The number of hydrogen-bond acceptors (Lipinski definition) is 2. The van der Waals surface area contributed by atoms with Crippen LogP contribution in [0.15, 0.2) is 24.3 Å². The second kappa shape index (κ2) is 8.22. The average Bonchev–Trinajstić information content (AvgIpc) is 2.91. The highest BCUT2D eigenvalue weighted by Gasteiger charge is 2.20. The van der Waals surface area contributed by atoms with Crippen LogP contribution in [-0.2, 0) is 11.2 Å². The van der Waals surface area contributed by atoms with Crippen molar-refractivity contribution in [3.05, 3.63) is 33.4 Å². The van der Waals surface area contributed by atoms with E-state index in [1.807, 2.05) is 0 Å². The molecule has 1 aromatic rings. The molecule has 19 heavy (non-hydrogen) atoms. The van der Waals surface area contributed by atoms with Crippen LogP contribution in [0.3, 0.4) is 0 Å². The van der Waals surface area contributed by atoms with E-state index in [-0.39, 0.29) is 0 Å². The summed E-state index contributed by atoms with van der Waals surface area (Å²) >= 11 is 2.36. The van der Waals surface area contributed by atoms with Gasteiger partial charge in [-0.2, -0.15) is 0 Å². The highest BCUT2D eigenvalue weighted by molar-refractivity contribution is 14.1. The highest BCUT2D eigenvalue weighted by atomic mass is 127. The molecule has 2 unspecified atom stereocenters. The summed E-state index contributed by atoms with van der Waals surface area (Å²) in [5, 5.41) is 3.68. The Morgan fingerprint density at radius 2 is 2.16 bits per heavy atom. The SMILES string of the molecule is CCCNC(Cc1ccc(I)cc1)CC1CCCO1. The highest BCUT2D eigenvalue weighted by Crippen LogP contribution is 2.19. The molecule has 2 atom stereocenters. The number of hydrogen-bond donors (Lipinski definition) is 1. The molecule has 1 aromatic carbocycles. The van der Waals surface area contributed by atoms with Gasteiger partial charge in [-0.25, -0.2) is 0 Å². The van der Waals surface area contributed by atoms with Crippen molar-refractivity contribution < 1.29 is 4.74 Å². The van der Waals surface area contributed by atoms with Crippen molar-refractivity contribution in [1.29, 1.82) is 0 Å². The van der Waals surface area contributed by atoms with Gasteiger partial charge >= 0.3 is 0 Å². The molecule has 0 aliphatic carbocycles. The number of halogens is 1. The summed E-state index contributed by atoms with van der Waals surface area (Å²) in [4.78, 5) is 0. The molecule has 0 bridgehead atoms. The molecule has 1 saturated heterocycles. The minimum Gasteiger partial charge on any atom is -0.378 e. The first-order valence-corrected chi connectivity index (χ1v) is 8.45. The normalized spacial score (nSPS) is 20.6. The van der Waals surface area contributed by atoms with Crippen molar-refractivity contribution in [3.8, 4) is 0 Å². The monoisotopic (exact) mass is 373 g/mol. The Labute approximate surface area is 130 Å². The third-order valence-electron chi connectivity index (χ3n) is 3.65. The first-order valence-electron chi connectivity index (χ1n) is 7.37. The van der Waals surface area contributed by atoms with Crippen LogP contribution >= 0.6 is 22.6 Å². The molecule has 0 aromatic heterocycles. The predicted octanol–water partition coefficient (Wildman–Crippen LogP) is 3.77. The minimum absolute atomic E-state index is 0.471. The first kappa shape index (κ1) is 15.3. The van der Waals surface area contributed by atoms with E-state index < -0.39 is 0 Å². The maximum Gasteiger partial charge on any atom is 0.0590 e. The second-order valence-corrected chi connectivity index (χ2v) is 6.60. The molecule has 3 heteroatoms. The smallest absolute Gasteiger partial charge is 0.0590 e. The fourth-order valence-electron chi connectivity index (χ4n) is 2.64. The summed E-state index contributed by atoms with van der Waals surface area (Å²) in [5.41, 5.74) is 1.42. The molecular weight excluding hydrogens is 349 g/mol. The Balaban J connectivity index is 1.89. The number of rotatable bonds is 7. The van der Waals surface area contributed by atoms with Gasteiger partial charge in [-0.1, -0.05) is 19.1 Å². The lowest BCUT2D eigenvalue weighted by molar-refractivity contribution is 0.0946. The molecule has 1 fully saturated rings. The summed E-state index contributed by atoms with van der Waals surface area (Å²) < 4.78 is 7.08. The lowest BCUT2D eigenvalue weighted by Gasteiger charge is -2.22. The van der Waals surface area contributed by atoms with E-state index in [2.05, 4.69) is 59.1 Å². The molecule has 1 aliphatic heterocycles. The van der Waals surface area contributed by atoms with E-state index >= 15 is 0 Å². The third kappa shape index (κ3) is 5.40. The number of ether oxygens (including phenoxy) is 1. The molecule has 2 nitrogen and oxygen atoms in total. The quantitative estimate of drug-likeness (QED) is 0.735. The van der Waals surface area contributed by atoms with E-state index in [9.17, 15) is 0 Å². The van der Waals surface area contributed by atoms with Gasteiger partial charge in [0, 0.05) is 16.2 Å². The van der Waals surface area contributed by atoms with Crippen molar-refractivity contribution >= 4 is 22.6 Å². The van der Waals surface area contributed by atoms with Gasteiger partial charge in [-0.3, -0.25) is 0 Å². The topological polar surface area (TPSA) is 21.3 Å². The largest absolute Gasteiger partial charge is 0.378 e. The molecule has 0 spiro atoms. The Bertz CT molecular complexity index is 360. The van der Waals surface area contributed by atoms with E-state index in [1.165, 1.54) is 28.4 Å². The Kier molecular flexibility index (Phi) is 6.61.